The summed E-state index contributed by atoms with van der Waals surface area (Å²) in [4.78, 5) is 0. The molecule has 0 N–H and O–H groups in total. The average molecular weight is 117 g/mol. The van der Waals surface area contributed by atoms with Gasteiger partial charge in [-0.3, -0.25) is 0 Å². The van der Waals surface area contributed by atoms with Gasteiger partial charge in [0.05, 0.1) is 0 Å². The molecular formula is C6H13S. The van der Waals surface area contributed by atoms with Crippen LogP contribution in [0.2, 0.25) is 0 Å². The summed E-state index contributed by atoms with van der Waals surface area (Å²) in [5.74, 6) is 3.45. The van der Waals surface area contributed by atoms with E-state index in [0.29, 0.717) is 0 Å². The highest BCUT2D eigenvalue weighted by Gasteiger charge is 1.80. The molecule has 1 heteroatoms. The minimum Gasteiger partial charge on any atom is -0.158 e. The zero-order valence-electron chi connectivity index (χ0n) is 5.11. The van der Waals surface area contributed by atoms with Crippen molar-refractivity contribution in [3.05, 3.63) is 5.75 Å². The molecule has 0 fully saturated rings. The number of unbranched alkanes of at least 4 members (excludes halogenated alkanes) is 1. The Bertz CT molecular complexity index is 23.4. The predicted molar refractivity (Wildman–Crippen MR) is 37.3 cm³/mol. The molecule has 0 atom stereocenters. The topological polar surface area (TPSA) is 0 Å². The Kier molecular flexibility index (Phi) is 6.67. The van der Waals surface area contributed by atoms with E-state index in [4.69, 9.17) is 0 Å². The fraction of sp³-hybridized carbons (Fsp3) is 0.833. The smallest absolute Gasteiger partial charge is 0.0135 e. The van der Waals surface area contributed by atoms with E-state index in [9.17, 15) is 0 Å². The summed E-state index contributed by atoms with van der Waals surface area (Å²) in [5.41, 5.74) is 0. The molecule has 0 aliphatic heterocycles. The summed E-state index contributed by atoms with van der Waals surface area (Å²) in [6, 6.07) is 0. The van der Waals surface area contributed by atoms with Crippen LogP contribution in [0.1, 0.15) is 26.7 Å². The number of hydrogen-bond donors (Lipinski definition) is 0. The normalized spacial score (nSPS) is 9.43. The predicted octanol–water partition coefficient (Wildman–Crippen LogP) is 2.70. The highest BCUT2D eigenvalue weighted by Crippen LogP contribution is 2.05. The van der Waals surface area contributed by atoms with Crippen LogP contribution < -0.4 is 0 Å². The minimum atomic E-state index is 1.30. The molecular weight excluding hydrogens is 104 g/mol. The third-order valence-corrected chi connectivity index (χ3v) is 1.64. The average Bonchev–Trinajstić information content (AvgIpc) is 1.69. The van der Waals surface area contributed by atoms with Crippen LogP contribution in [0.15, 0.2) is 0 Å². The molecule has 0 aromatic carbocycles. The zero-order chi connectivity index (χ0) is 5.54. The number of rotatable bonds is 4. The maximum absolute atomic E-state index is 2.22. The lowest BCUT2D eigenvalue weighted by atomic mass is 10.4. The first kappa shape index (κ1) is 7.35. The lowest BCUT2D eigenvalue weighted by Gasteiger charge is -1.90. The fourth-order valence-electron chi connectivity index (χ4n) is 0.346. The van der Waals surface area contributed by atoms with Crippen LogP contribution in [0, 0.1) is 5.75 Å². The van der Waals surface area contributed by atoms with Crippen LogP contribution >= 0.6 is 11.8 Å². The van der Waals surface area contributed by atoms with Gasteiger partial charge in [-0.2, -0.15) is 11.8 Å². The van der Waals surface area contributed by atoms with Crippen molar-refractivity contribution < 1.29 is 0 Å². The van der Waals surface area contributed by atoms with E-state index in [-0.39, 0.29) is 0 Å². The molecule has 0 aliphatic rings. The van der Waals surface area contributed by atoms with E-state index in [1.807, 2.05) is 11.8 Å². The van der Waals surface area contributed by atoms with Crippen molar-refractivity contribution in [1.82, 2.24) is 0 Å². The Balaban J connectivity index is 2.45. The molecule has 0 aromatic rings. The van der Waals surface area contributed by atoms with Gasteiger partial charge in [0, 0.05) is 5.75 Å². The number of hydrogen-bond acceptors (Lipinski definition) is 1. The summed E-state index contributed by atoms with van der Waals surface area (Å²) < 4.78 is 0. The molecule has 0 rings (SSSR count). The molecule has 0 heterocycles. The molecule has 7 heavy (non-hydrogen) atoms. The van der Waals surface area contributed by atoms with E-state index < -0.39 is 0 Å². The van der Waals surface area contributed by atoms with Gasteiger partial charge in [0.2, 0.25) is 0 Å². The van der Waals surface area contributed by atoms with Gasteiger partial charge in [-0.05, 0) is 12.2 Å². The summed E-state index contributed by atoms with van der Waals surface area (Å²) >= 11 is 1.91. The van der Waals surface area contributed by atoms with Crippen LogP contribution in [0.25, 0.3) is 0 Å². The maximum atomic E-state index is 2.22. The second-order valence-corrected chi connectivity index (χ2v) is 2.67. The van der Waals surface area contributed by atoms with Gasteiger partial charge in [-0.15, -0.1) is 0 Å². The van der Waals surface area contributed by atoms with Gasteiger partial charge in [0.15, 0.2) is 0 Å². The number of thioether (sulfide) groups is 1. The summed E-state index contributed by atoms with van der Waals surface area (Å²) in [6.07, 6.45) is 2.68. The van der Waals surface area contributed by atoms with Crippen LogP contribution in [0.5, 0.6) is 0 Å². The molecule has 0 aromatic heterocycles. The zero-order valence-corrected chi connectivity index (χ0v) is 5.92. The van der Waals surface area contributed by atoms with Crippen LogP contribution in [-0.4, -0.2) is 5.75 Å². The quantitative estimate of drug-likeness (QED) is 0.510. The van der Waals surface area contributed by atoms with E-state index in [0.717, 1.165) is 0 Å². The molecule has 0 saturated heterocycles. The second kappa shape index (κ2) is 6.35. The Morgan fingerprint density at radius 3 is 2.71 bits per heavy atom. The SMILES string of the molecule is C[CH]SCCCC. The molecule has 0 spiro atoms. The van der Waals surface area contributed by atoms with E-state index in [1.54, 1.807) is 0 Å². The first-order valence-electron chi connectivity index (χ1n) is 2.81. The summed E-state index contributed by atoms with van der Waals surface area (Å²) in [6.45, 7) is 4.30. The largest absolute Gasteiger partial charge is 0.158 e. The van der Waals surface area contributed by atoms with Crippen LogP contribution in [0.4, 0.5) is 0 Å². The van der Waals surface area contributed by atoms with Gasteiger partial charge in [-0.25, -0.2) is 0 Å². The van der Waals surface area contributed by atoms with Crippen LogP contribution in [0.3, 0.4) is 0 Å². The monoisotopic (exact) mass is 117 g/mol. The summed E-state index contributed by atoms with van der Waals surface area (Å²) in [5, 5.41) is 0. The molecule has 0 saturated carbocycles. The lowest BCUT2D eigenvalue weighted by molar-refractivity contribution is 0.897. The van der Waals surface area contributed by atoms with E-state index >= 15 is 0 Å². The van der Waals surface area contributed by atoms with Crippen molar-refractivity contribution in [1.29, 1.82) is 0 Å². The van der Waals surface area contributed by atoms with Crippen molar-refractivity contribution in [3.63, 3.8) is 0 Å². The van der Waals surface area contributed by atoms with Crippen molar-refractivity contribution >= 4 is 11.8 Å². The van der Waals surface area contributed by atoms with Gasteiger partial charge < -0.3 is 0 Å². The molecule has 43 valence electrons. The van der Waals surface area contributed by atoms with Gasteiger partial charge in [0.1, 0.15) is 0 Å². The summed E-state index contributed by atoms with van der Waals surface area (Å²) in [7, 11) is 0. The standard InChI is InChI=1S/C6H13S/c1-3-5-6-7-4-2/h4H,3,5-6H2,1-2H3. The molecule has 1 radical (unpaired) electrons. The van der Waals surface area contributed by atoms with Crippen molar-refractivity contribution in [3.8, 4) is 0 Å². The van der Waals surface area contributed by atoms with E-state index in [2.05, 4.69) is 19.6 Å². The Morgan fingerprint density at radius 2 is 2.29 bits per heavy atom. The molecule has 0 aliphatic carbocycles. The van der Waals surface area contributed by atoms with Crippen molar-refractivity contribution in [2.75, 3.05) is 5.75 Å². The molecule has 0 unspecified atom stereocenters. The minimum absolute atomic E-state index is 1.30. The third kappa shape index (κ3) is 6.35. The lowest BCUT2D eigenvalue weighted by Crippen LogP contribution is -1.72. The van der Waals surface area contributed by atoms with E-state index in [1.165, 1.54) is 18.6 Å². The second-order valence-electron chi connectivity index (χ2n) is 1.46. The molecule has 0 amide bonds. The van der Waals surface area contributed by atoms with Gasteiger partial charge in [-0.1, -0.05) is 20.3 Å². The fourth-order valence-corrected chi connectivity index (χ4v) is 1.04. The van der Waals surface area contributed by atoms with Gasteiger partial charge >= 0.3 is 0 Å². The van der Waals surface area contributed by atoms with Crippen molar-refractivity contribution in [2.45, 2.75) is 26.7 Å². The Hall–Kier alpha value is 0.350. The van der Waals surface area contributed by atoms with Gasteiger partial charge in [0.25, 0.3) is 0 Å². The maximum Gasteiger partial charge on any atom is 0.0135 e. The highest BCUT2D eigenvalue weighted by atomic mass is 32.2. The Labute approximate surface area is 50.7 Å². The Morgan fingerprint density at radius 1 is 1.57 bits per heavy atom. The first-order chi connectivity index (χ1) is 3.41. The third-order valence-electron chi connectivity index (χ3n) is 0.782. The molecule has 0 bridgehead atoms. The van der Waals surface area contributed by atoms with Crippen LogP contribution in [-0.2, 0) is 0 Å². The first-order valence-corrected chi connectivity index (χ1v) is 3.86. The highest BCUT2D eigenvalue weighted by molar-refractivity contribution is 8.01. The molecule has 0 nitrogen and oxygen atoms in total. The van der Waals surface area contributed by atoms with Crippen molar-refractivity contribution in [2.24, 2.45) is 0 Å².